The molecule has 122 valence electrons. The number of fused-ring (bicyclic) bond motifs is 1. The van der Waals surface area contributed by atoms with Crippen molar-refractivity contribution in [2.75, 3.05) is 4.90 Å². The minimum Gasteiger partial charge on any atom is -0.375 e. The normalized spacial score (nSPS) is 26.0. The van der Waals surface area contributed by atoms with Gasteiger partial charge in [0.2, 0.25) is 0 Å². The number of carbonyl (C=O) groups excluding carboxylic acids is 2. The van der Waals surface area contributed by atoms with Gasteiger partial charge in [-0.05, 0) is 24.5 Å². The van der Waals surface area contributed by atoms with E-state index in [9.17, 15) is 14.7 Å². The summed E-state index contributed by atoms with van der Waals surface area (Å²) in [6.45, 7) is 0.389. The van der Waals surface area contributed by atoms with Crippen LogP contribution in [0.5, 0.6) is 0 Å². The molecule has 2 aliphatic rings. The van der Waals surface area contributed by atoms with E-state index in [1.165, 1.54) is 0 Å². The molecule has 1 fully saturated rings. The van der Waals surface area contributed by atoms with Gasteiger partial charge >= 0.3 is 0 Å². The number of ketones is 1. The molecule has 2 aromatic rings. The highest BCUT2D eigenvalue weighted by atomic mass is 16.3. The summed E-state index contributed by atoms with van der Waals surface area (Å²) in [7, 11) is 0. The standard InChI is InChI=1S/C20H19NO3/c22-18-12-6-10-16(18)20(24)15-9-4-5-11-17(15)21(19(20)23)13-14-7-2-1-3-8-14/h1-5,7-9,11,16,24H,6,10,12-13H2/t16-,20+/m0/s1. The Bertz CT molecular complexity index is 802. The average Bonchev–Trinajstić information content (AvgIpc) is 3.13. The summed E-state index contributed by atoms with van der Waals surface area (Å²) in [5.74, 6) is -1.03. The lowest BCUT2D eigenvalue weighted by molar-refractivity contribution is -0.148. The number of rotatable bonds is 3. The Kier molecular flexibility index (Phi) is 3.50. The van der Waals surface area contributed by atoms with Crippen LogP contribution in [0.25, 0.3) is 0 Å². The van der Waals surface area contributed by atoms with Crippen LogP contribution in [0.2, 0.25) is 0 Å². The summed E-state index contributed by atoms with van der Waals surface area (Å²) < 4.78 is 0. The van der Waals surface area contributed by atoms with Gasteiger partial charge in [0.25, 0.3) is 5.91 Å². The molecule has 1 amide bonds. The van der Waals surface area contributed by atoms with E-state index in [-0.39, 0.29) is 11.7 Å². The van der Waals surface area contributed by atoms with Crippen molar-refractivity contribution in [1.82, 2.24) is 0 Å². The van der Waals surface area contributed by atoms with Crippen LogP contribution in [0.1, 0.15) is 30.4 Å². The second-order valence-electron chi connectivity index (χ2n) is 6.57. The summed E-state index contributed by atoms with van der Waals surface area (Å²) in [6.07, 6.45) is 1.75. The maximum absolute atomic E-state index is 13.1. The van der Waals surface area contributed by atoms with E-state index in [1.54, 1.807) is 11.0 Å². The van der Waals surface area contributed by atoms with Crippen molar-refractivity contribution in [3.63, 3.8) is 0 Å². The number of carbonyl (C=O) groups is 2. The van der Waals surface area contributed by atoms with Gasteiger partial charge in [0.05, 0.1) is 18.2 Å². The molecule has 0 spiro atoms. The first kappa shape index (κ1) is 15.1. The van der Waals surface area contributed by atoms with E-state index >= 15 is 0 Å². The van der Waals surface area contributed by atoms with E-state index in [0.717, 1.165) is 12.0 Å². The highest BCUT2D eigenvalue weighted by Crippen LogP contribution is 2.48. The first-order valence-electron chi connectivity index (χ1n) is 8.33. The molecule has 0 radical (unpaired) electrons. The van der Waals surface area contributed by atoms with E-state index in [4.69, 9.17) is 0 Å². The topological polar surface area (TPSA) is 57.6 Å². The fourth-order valence-electron chi connectivity index (χ4n) is 3.98. The number of aliphatic hydroxyl groups is 1. The molecule has 1 saturated carbocycles. The predicted molar refractivity (Wildman–Crippen MR) is 90.3 cm³/mol. The maximum atomic E-state index is 13.1. The Morgan fingerprint density at radius 3 is 2.46 bits per heavy atom. The molecule has 4 heteroatoms. The summed E-state index contributed by atoms with van der Waals surface area (Å²) in [4.78, 5) is 27.0. The van der Waals surface area contributed by atoms with Crippen LogP contribution in [0, 0.1) is 5.92 Å². The summed E-state index contributed by atoms with van der Waals surface area (Å²) >= 11 is 0. The fraction of sp³-hybridized carbons (Fsp3) is 0.300. The molecule has 1 aliphatic heterocycles. The predicted octanol–water partition coefficient (Wildman–Crippen LogP) is 2.79. The Balaban J connectivity index is 1.78. The molecular formula is C20H19NO3. The number of amides is 1. The number of hydrogen-bond acceptors (Lipinski definition) is 3. The molecule has 0 saturated heterocycles. The molecule has 0 aromatic heterocycles. The molecular weight excluding hydrogens is 302 g/mol. The molecule has 2 aromatic carbocycles. The van der Waals surface area contributed by atoms with Crippen molar-refractivity contribution < 1.29 is 14.7 Å². The minimum absolute atomic E-state index is 0.0118. The van der Waals surface area contributed by atoms with Gasteiger partial charge in [-0.15, -0.1) is 0 Å². The lowest BCUT2D eigenvalue weighted by Gasteiger charge is -2.28. The smallest absolute Gasteiger partial charge is 0.264 e. The largest absolute Gasteiger partial charge is 0.375 e. The Hall–Kier alpha value is -2.46. The van der Waals surface area contributed by atoms with Crippen LogP contribution in [0.4, 0.5) is 5.69 Å². The molecule has 0 unspecified atom stereocenters. The van der Waals surface area contributed by atoms with Crippen LogP contribution in [-0.4, -0.2) is 16.8 Å². The van der Waals surface area contributed by atoms with Crippen molar-refractivity contribution in [1.29, 1.82) is 0 Å². The van der Waals surface area contributed by atoms with Crippen LogP contribution in [0.15, 0.2) is 54.6 Å². The van der Waals surface area contributed by atoms with Gasteiger partial charge in [0.1, 0.15) is 5.78 Å². The Morgan fingerprint density at radius 2 is 1.75 bits per heavy atom. The monoisotopic (exact) mass is 321 g/mol. The zero-order valence-electron chi connectivity index (χ0n) is 13.3. The SMILES string of the molecule is O=C1CCC[C@@H]1[C@@]1(O)C(=O)N(Cc2ccccc2)c2ccccc21. The van der Waals surface area contributed by atoms with Crippen LogP contribution < -0.4 is 4.90 Å². The van der Waals surface area contributed by atoms with E-state index in [1.807, 2.05) is 48.5 Å². The van der Waals surface area contributed by atoms with E-state index < -0.39 is 11.5 Å². The quantitative estimate of drug-likeness (QED) is 0.946. The van der Waals surface area contributed by atoms with Crippen LogP contribution in [-0.2, 0) is 21.7 Å². The molecule has 1 heterocycles. The third-order valence-electron chi connectivity index (χ3n) is 5.17. The highest BCUT2D eigenvalue weighted by molar-refractivity contribution is 6.09. The molecule has 24 heavy (non-hydrogen) atoms. The van der Waals surface area contributed by atoms with Gasteiger partial charge in [-0.3, -0.25) is 9.59 Å². The van der Waals surface area contributed by atoms with Gasteiger partial charge in [-0.25, -0.2) is 0 Å². The molecule has 1 N–H and O–H groups in total. The van der Waals surface area contributed by atoms with E-state index in [2.05, 4.69) is 0 Å². The van der Waals surface area contributed by atoms with Gasteiger partial charge in [-0.2, -0.15) is 0 Å². The summed E-state index contributed by atoms with van der Waals surface area (Å²) in [5.41, 5.74) is 0.529. The Morgan fingerprint density at radius 1 is 1.04 bits per heavy atom. The van der Waals surface area contributed by atoms with Gasteiger partial charge < -0.3 is 10.0 Å². The minimum atomic E-state index is -1.72. The third kappa shape index (κ3) is 2.10. The Labute approximate surface area is 140 Å². The second-order valence-corrected chi connectivity index (χ2v) is 6.57. The van der Waals surface area contributed by atoms with Gasteiger partial charge in [0, 0.05) is 12.0 Å². The van der Waals surface area contributed by atoms with Crippen molar-refractivity contribution in [2.45, 2.75) is 31.4 Å². The number of anilines is 1. The van der Waals surface area contributed by atoms with Crippen LogP contribution >= 0.6 is 0 Å². The van der Waals surface area contributed by atoms with Crippen molar-refractivity contribution in [3.8, 4) is 0 Å². The number of benzene rings is 2. The summed E-state index contributed by atoms with van der Waals surface area (Å²) in [6, 6.07) is 17.0. The lowest BCUT2D eigenvalue weighted by Crippen LogP contribution is -2.46. The summed E-state index contributed by atoms with van der Waals surface area (Å²) in [5, 5.41) is 11.3. The number of nitrogens with zero attached hydrogens (tertiary/aromatic N) is 1. The number of hydrogen-bond donors (Lipinski definition) is 1. The van der Waals surface area contributed by atoms with Crippen molar-refractivity contribution in [3.05, 3.63) is 65.7 Å². The third-order valence-corrected chi connectivity index (χ3v) is 5.17. The van der Waals surface area contributed by atoms with E-state index in [0.29, 0.717) is 30.6 Å². The molecule has 0 bridgehead atoms. The number of para-hydroxylation sites is 1. The second kappa shape index (κ2) is 5.56. The average molecular weight is 321 g/mol. The molecule has 2 atom stereocenters. The fourth-order valence-corrected chi connectivity index (χ4v) is 3.98. The zero-order valence-corrected chi connectivity index (χ0v) is 13.3. The zero-order chi connectivity index (χ0) is 16.7. The van der Waals surface area contributed by atoms with Crippen molar-refractivity contribution in [2.24, 2.45) is 5.92 Å². The molecule has 4 nitrogen and oxygen atoms in total. The highest BCUT2D eigenvalue weighted by Gasteiger charge is 2.57. The first-order valence-corrected chi connectivity index (χ1v) is 8.33. The van der Waals surface area contributed by atoms with Crippen LogP contribution in [0.3, 0.4) is 0 Å². The van der Waals surface area contributed by atoms with Gasteiger partial charge in [0.15, 0.2) is 5.60 Å². The van der Waals surface area contributed by atoms with Gasteiger partial charge in [-0.1, -0.05) is 48.5 Å². The first-order chi connectivity index (χ1) is 11.6. The number of Topliss-reactive ketones (excluding diaryl/α,β-unsaturated/α-hetero) is 1. The maximum Gasteiger partial charge on any atom is 0.264 e. The lowest BCUT2D eigenvalue weighted by atomic mass is 9.80. The van der Waals surface area contributed by atoms with Crippen molar-refractivity contribution >= 4 is 17.4 Å². The molecule has 1 aliphatic carbocycles. The molecule has 4 rings (SSSR count).